The number of aromatic nitrogens is 2. The fourth-order valence-electron chi connectivity index (χ4n) is 1.000. The third-order valence-corrected chi connectivity index (χ3v) is 1.69. The van der Waals surface area contributed by atoms with E-state index in [9.17, 15) is 0 Å². The Balaban J connectivity index is 3.07. The molecule has 0 fully saturated rings. The lowest BCUT2D eigenvalue weighted by Crippen LogP contribution is -2.17. The zero-order chi connectivity index (χ0) is 10.8. The summed E-state index contributed by atoms with van der Waals surface area (Å²) in [6.45, 7) is 8.61. The smallest absolute Gasteiger partial charge is 0.218 e. The minimum absolute atomic E-state index is 0.110. The van der Waals surface area contributed by atoms with Crippen molar-refractivity contribution in [2.24, 2.45) is 0 Å². The minimum atomic E-state index is -0.110. The van der Waals surface area contributed by atoms with Crippen molar-refractivity contribution < 1.29 is 4.74 Å². The van der Waals surface area contributed by atoms with Crippen LogP contribution in [-0.2, 0) is 5.41 Å². The molecule has 0 bridgehead atoms. The first-order valence-electron chi connectivity index (χ1n) is 4.71. The van der Waals surface area contributed by atoms with E-state index in [0.29, 0.717) is 24.1 Å². The molecule has 0 radical (unpaired) electrons. The SMILES string of the molecule is CCOc1cc(N)nc(C(C)(C)C)n1. The molecule has 0 aliphatic heterocycles. The lowest BCUT2D eigenvalue weighted by atomic mass is 9.96. The Morgan fingerprint density at radius 3 is 2.50 bits per heavy atom. The average molecular weight is 195 g/mol. The molecule has 0 aliphatic rings. The Bertz CT molecular complexity index is 318. The number of hydrogen-bond donors (Lipinski definition) is 1. The largest absolute Gasteiger partial charge is 0.478 e. The number of ether oxygens (including phenoxy) is 1. The highest BCUT2D eigenvalue weighted by Crippen LogP contribution is 2.21. The van der Waals surface area contributed by atoms with Gasteiger partial charge in [-0.15, -0.1) is 0 Å². The summed E-state index contributed by atoms with van der Waals surface area (Å²) in [5.74, 6) is 1.71. The van der Waals surface area contributed by atoms with Gasteiger partial charge < -0.3 is 10.5 Å². The number of nitrogens with zero attached hydrogens (tertiary/aromatic N) is 2. The Kier molecular flexibility index (Phi) is 2.93. The number of nitrogen functional groups attached to an aromatic ring is 1. The quantitative estimate of drug-likeness (QED) is 0.781. The van der Waals surface area contributed by atoms with Crippen molar-refractivity contribution in [1.29, 1.82) is 0 Å². The summed E-state index contributed by atoms with van der Waals surface area (Å²) in [6, 6.07) is 1.64. The fourth-order valence-corrected chi connectivity index (χ4v) is 1.000. The molecule has 1 rings (SSSR count). The molecule has 0 saturated carbocycles. The normalized spacial score (nSPS) is 11.4. The van der Waals surface area contributed by atoms with Crippen LogP contribution in [0.3, 0.4) is 0 Å². The predicted molar refractivity (Wildman–Crippen MR) is 56.3 cm³/mol. The van der Waals surface area contributed by atoms with E-state index >= 15 is 0 Å². The van der Waals surface area contributed by atoms with E-state index < -0.39 is 0 Å². The summed E-state index contributed by atoms with van der Waals surface area (Å²) in [6.07, 6.45) is 0. The molecule has 4 heteroatoms. The maximum atomic E-state index is 5.66. The highest BCUT2D eigenvalue weighted by Gasteiger charge is 2.18. The van der Waals surface area contributed by atoms with E-state index in [2.05, 4.69) is 9.97 Å². The van der Waals surface area contributed by atoms with Gasteiger partial charge in [0.05, 0.1) is 6.61 Å². The zero-order valence-electron chi connectivity index (χ0n) is 9.16. The molecule has 1 aromatic heterocycles. The second-order valence-electron chi connectivity index (χ2n) is 4.14. The van der Waals surface area contributed by atoms with Crippen LogP contribution in [0.25, 0.3) is 0 Å². The number of nitrogens with two attached hydrogens (primary N) is 1. The third kappa shape index (κ3) is 2.58. The van der Waals surface area contributed by atoms with E-state index in [0.717, 1.165) is 0 Å². The van der Waals surface area contributed by atoms with Crippen molar-refractivity contribution >= 4 is 5.82 Å². The van der Waals surface area contributed by atoms with Gasteiger partial charge in [-0.2, -0.15) is 4.98 Å². The molecule has 4 nitrogen and oxygen atoms in total. The molecule has 0 spiro atoms. The summed E-state index contributed by atoms with van der Waals surface area (Å²) in [4.78, 5) is 8.46. The molecule has 0 aromatic carbocycles. The third-order valence-electron chi connectivity index (χ3n) is 1.69. The Morgan fingerprint density at radius 1 is 1.36 bits per heavy atom. The number of hydrogen-bond acceptors (Lipinski definition) is 4. The molecule has 0 amide bonds. The summed E-state index contributed by atoms with van der Waals surface area (Å²) in [5.41, 5.74) is 5.55. The van der Waals surface area contributed by atoms with Crippen molar-refractivity contribution in [3.8, 4) is 5.88 Å². The van der Waals surface area contributed by atoms with Crippen LogP contribution >= 0.6 is 0 Å². The van der Waals surface area contributed by atoms with Crippen molar-refractivity contribution in [2.45, 2.75) is 33.1 Å². The van der Waals surface area contributed by atoms with Gasteiger partial charge >= 0.3 is 0 Å². The maximum Gasteiger partial charge on any atom is 0.218 e. The highest BCUT2D eigenvalue weighted by molar-refractivity contribution is 5.34. The van der Waals surface area contributed by atoms with E-state index in [1.165, 1.54) is 0 Å². The van der Waals surface area contributed by atoms with Crippen LogP contribution in [0.5, 0.6) is 5.88 Å². The van der Waals surface area contributed by atoms with Gasteiger partial charge in [-0.3, -0.25) is 0 Å². The Hall–Kier alpha value is -1.32. The van der Waals surface area contributed by atoms with Crippen LogP contribution in [0.2, 0.25) is 0 Å². The highest BCUT2D eigenvalue weighted by atomic mass is 16.5. The maximum absolute atomic E-state index is 5.66. The van der Waals surface area contributed by atoms with Gasteiger partial charge in [0, 0.05) is 11.5 Å². The van der Waals surface area contributed by atoms with E-state index in [1.807, 2.05) is 27.7 Å². The number of anilines is 1. The van der Waals surface area contributed by atoms with Crippen LogP contribution in [0, 0.1) is 0 Å². The second-order valence-corrected chi connectivity index (χ2v) is 4.14. The standard InChI is InChI=1S/C10H17N3O/c1-5-14-8-6-7(11)12-9(13-8)10(2,3)4/h6H,5H2,1-4H3,(H2,11,12,13). The molecule has 2 N–H and O–H groups in total. The van der Waals surface area contributed by atoms with E-state index in [1.54, 1.807) is 6.07 Å². The minimum Gasteiger partial charge on any atom is -0.478 e. The van der Waals surface area contributed by atoms with Crippen molar-refractivity contribution in [1.82, 2.24) is 9.97 Å². The van der Waals surface area contributed by atoms with Crippen LogP contribution in [0.1, 0.15) is 33.5 Å². The number of rotatable bonds is 2. The van der Waals surface area contributed by atoms with Gasteiger partial charge in [0.1, 0.15) is 11.6 Å². The van der Waals surface area contributed by atoms with Gasteiger partial charge in [-0.25, -0.2) is 4.98 Å². The molecule has 0 unspecified atom stereocenters. The lowest BCUT2D eigenvalue weighted by Gasteiger charge is -2.17. The molecule has 14 heavy (non-hydrogen) atoms. The van der Waals surface area contributed by atoms with Crippen LogP contribution in [-0.4, -0.2) is 16.6 Å². The zero-order valence-corrected chi connectivity index (χ0v) is 9.16. The van der Waals surface area contributed by atoms with Crippen molar-refractivity contribution in [3.63, 3.8) is 0 Å². The van der Waals surface area contributed by atoms with E-state index in [-0.39, 0.29) is 5.41 Å². The average Bonchev–Trinajstić information content (AvgIpc) is 2.02. The first-order valence-corrected chi connectivity index (χ1v) is 4.71. The Labute approximate surface area is 84.5 Å². The van der Waals surface area contributed by atoms with Crippen LogP contribution in [0.4, 0.5) is 5.82 Å². The first-order chi connectivity index (χ1) is 6.43. The first kappa shape index (κ1) is 10.8. The molecule has 0 saturated heterocycles. The van der Waals surface area contributed by atoms with Gasteiger partial charge in [0.2, 0.25) is 5.88 Å². The molecule has 0 atom stereocenters. The van der Waals surface area contributed by atoms with Gasteiger partial charge in [0.15, 0.2) is 0 Å². The molecule has 0 aliphatic carbocycles. The van der Waals surface area contributed by atoms with Crippen molar-refractivity contribution in [2.75, 3.05) is 12.3 Å². The topological polar surface area (TPSA) is 61.0 Å². The summed E-state index contributed by atoms with van der Waals surface area (Å²) in [7, 11) is 0. The van der Waals surface area contributed by atoms with E-state index in [4.69, 9.17) is 10.5 Å². The lowest BCUT2D eigenvalue weighted by molar-refractivity contribution is 0.322. The molecule has 1 heterocycles. The molecular formula is C10H17N3O. The second kappa shape index (κ2) is 3.82. The predicted octanol–water partition coefficient (Wildman–Crippen LogP) is 1.75. The summed E-state index contributed by atoms with van der Waals surface area (Å²) >= 11 is 0. The molecule has 78 valence electrons. The summed E-state index contributed by atoms with van der Waals surface area (Å²) in [5, 5.41) is 0. The van der Waals surface area contributed by atoms with Crippen LogP contribution in [0.15, 0.2) is 6.07 Å². The molecular weight excluding hydrogens is 178 g/mol. The Morgan fingerprint density at radius 2 is 2.00 bits per heavy atom. The van der Waals surface area contributed by atoms with Crippen molar-refractivity contribution in [3.05, 3.63) is 11.9 Å². The monoisotopic (exact) mass is 195 g/mol. The van der Waals surface area contributed by atoms with Crippen LogP contribution < -0.4 is 10.5 Å². The van der Waals surface area contributed by atoms with Gasteiger partial charge in [0.25, 0.3) is 0 Å². The fraction of sp³-hybridized carbons (Fsp3) is 0.600. The molecule has 1 aromatic rings. The summed E-state index contributed by atoms with van der Waals surface area (Å²) < 4.78 is 5.29. The van der Waals surface area contributed by atoms with Gasteiger partial charge in [-0.05, 0) is 6.92 Å². The van der Waals surface area contributed by atoms with Gasteiger partial charge in [-0.1, -0.05) is 20.8 Å².